The number of benzene rings is 1. The van der Waals surface area contributed by atoms with E-state index in [9.17, 15) is 17.4 Å². The molecule has 0 spiro atoms. The summed E-state index contributed by atoms with van der Waals surface area (Å²) in [5.74, 6) is -1.26. The molecule has 3 atom stereocenters. The molecule has 9 heteroatoms. The van der Waals surface area contributed by atoms with E-state index in [4.69, 9.17) is 5.11 Å². The van der Waals surface area contributed by atoms with Crippen LogP contribution in [0.2, 0.25) is 0 Å². The van der Waals surface area contributed by atoms with Crippen molar-refractivity contribution < 1.29 is 22.5 Å². The Kier molecular flexibility index (Phi) is 6.51. The zero-order valence-electron chi connectivity index (χ0n) is 11.5. The Morgan fingerprint density at radius 2 is 1.52 bits per heavy atom. The minimum Gasteiger partial charge on any atom is -0.477 e. The van der Waals surface area contributed by atoms with Gasteiger partial charge in [-0.05, 0) is 18.2 Å². The van der Waals surface area contributed by atoms with E-state index in [1.54, 1.807) is 0 Å². The van der Waals surface area contributed by atoms with Crippen LogP contribution in [0.15, 0.2) is 31.7 Å². The fraction of sp³-hybridized carbons (Fsp3) is 0.250. The summed E-state index contributed by atoms with van der Waals surface area (Å²) in [6, 6.07) is 3.00. The first-order valence-electron chi connectivity index (χ1n) is 5.48. The van der Waals surface area contributed by atoms with E-state index in [1.165, 1.54) is 37.0 Å². The van der Waals surface area contributed by atoms with E-state index in [1.807, 2.05) is 0 Å². The van der Waals surface area contributed by atoms with Crippen LogP contribution in [-0.2, 0) is 37.2 Å². The van der Waals surface area contributed by atoms with Gasteiger partial charge in [0.15, 0.2) is 0 Å². The van der Waals surface area contributed by atoms with Crippen molar-refractivity contribution in [3.8, 4) is 0 Å². The molecule has 1 aromatic rings. The summed E-state index contributed by atoms with van der Waals surface area (Å²) in [5.41, 5.74) is 0.233. The Morgan fingerprint density at radius 3 is 1.90 bits per heavy atom. The third kappa shape index (κ3) is 4.35. The summed E-state index contributed by atoms with van der Waals surface area (Å²) < 4.78 is 35.6. The molecule has 0 aliphatic carbocycles. The van der Waals surface area contributed by atoms with Gasteiger partial charge in [0, 0.05) is 29.2 Å². The first-order valence-corrected chi connectivity index (χ1v) is 10.6. The van der Waals surface area contributed by atoms with Gasteiger partial charge in [-0.1, -0.05) is 0 Å². The lowest BCUT2D eigenvalue weighted by atomic mass is 10.2. The van der Waals surface area contributed by atoms with E-state index < -0.39 is 38.4 Å². The summed E-state index contributed by atoms with van der Waals surface area (Å²) >= 11 is 3.84. The molecule has 1 aromatic carbocycles. The fourth-order valence-corrected chi connectivity index (χ4v) is 4.76. The number of hydrogen-bond donors (Lipinski definition) is 2. The molecule has 0 saturated carbocycles. The van der Waals surface area contributed by atoms with Crippen LogP contribution in [0.3, 0.4) is 0 Å². The summed E-state index contributed by atoms with van der Waals surface area (Å²) in [6.07, 6.45) is 5.44. The molecule has 0 heterocycles. The summed E-state index contributed by atoms with van der Waals surface area (Å²) in [7, 11) is -4.36. The van der Waals surface area contributed by atoms with Gasteiger partial charge in [0.2, 0.25) is 0 Å². The van der Waals surface area contributed by atoms with Crippen molar-refractivity contribution >= 4 is 57.1 Å². The largest absolute Gasteiger partial charge is 0.477 e. The van der Waals surface area contributed by atoms with E-state index in [0.717, 1.165) is 0 Å². The van der Waals surface area contributed by atoms with Crippen molar-refractivity contribution in [3.05, 3.63) is 22.6 Å². The molecule has 0 bridgehead atoms. The monoisotopic (exact) mass is 366 g/mol. The Labute approximate surface area is 135 Å². The van der Waals surface area contributed by atoms with Crippen LogP contribution in [0.5, 0.6) is 0 Å². The van der Waals surface area contributed by atoms with Crippen LogP contribution in [0.25, 0.3) is 6.08 Å². The van der Waals surface area contributed by atoms with Crippen molar-refractivity contribution in [3.63, 3.8) is 0 Å². The molecule has 5 nitrogen and oxygen atoms in total. The lowest BCUT2D eigenvalue weighted by molar-refractivity contribution is -0.131. The standard InChI is InChI=1S/C12H14O5S4/c1-19(15)9-4-5-10(20(2)16)11(21(3)17)7(9)6-8(18)12(13)14/h4-6,18H,1-3H3,(H,13,14). The van der Waals surface area contributed by atoms with Crippen LogP contribution >= 0.6 is 12.6 Å². The highest BCUT2D eigenvalue weighted by atomic mass is 32.2. The van der Waals surface area contributed by atoms with Crippen LogP contribution in [-0.4, -0.2) is 42.5 Å². The van der Waals surface area contributed by atoms with E-state index in [-0.39, 0.29) is 15.4 Å². The van der Waals surface area contributed by atoms with Gasteiger partial charge < -0.3 is 5.11 Å². The fourth-order valence-electron chi connectivity index (χ4n) is 1.67. The molecule has 3 unspecified atom stereocenters. The molecule has 21 heavy (non-hydrogen) atoms. The number of carboxylic acids is 1. The number of aliphatic carboxylic acids is 1. The number of carboxylic acid groups (broad SMARTS) is 1. The average molecular weight is 367 g/mol. The molecular formula is C12H14O5S4. The summed E-state index contributed by atoms with van der Waals surface area (Å²) in [4.78, 5) is 11.5. The minimum absolute atomic E-state index is 0.219. The molecule has 0 amide bonds. The van der Waals surface area contributed by atoms with Crippen LogP contribution < -0.4 is 0 Å². The van der Waals surface area contributed by atoms with Gasteiger partial charge in [0.1, 0.15) is 0 Å². The first kappa shape index (κ1) is 18.3. The number of carbonyl (C=O) groups is 1. The second kappa shape index (κ2) is 7.48. The third-order valence-electron chi connectivity index (χ3n) is 2.53. The molecule has 0 saturated heterocycles. The summed E-state index contributed by atoms with van der Waals surface area (Å²) in [5, 5.41) is 8.92. The number of hydrogen-bond acceptors (Lipinski definition) is 5. The molecule has 0 fully saturated rings. The molecule has 1 rings (SSSR count). The van der Waals surface area contributed by atoms with Crippen molar-refractivity contribution in [1.82, 2.24) is 0 Å². The Bertz CT molecular complexity index is 693. The molecule has 116 valence electrons. The second-order valence-electron chi connectivity index (χ2n) is 4.00. The number of thiol groups is 1. The predicted octanol–water partition coefficient (Wildman–Crippen LogP) is 1.25. The van der Waals surface area contributed by atoms with Crippen LogP contribution in [0.4, 0.5) is 0 Å². The van der Waals surface area contributed by atoms with Crippen LogP contribution in [0, 0.1) is 0 Å². The molecule has 0 aliphatic heterocycles. The van der Waals surface area contributed by atoms with Crippen molar-refractivity contribution in [1.29, 1.82) is 0 Å². The molecular weight excluding hydrogens is 352 g/mol. The SMILES string of the molecule is CS(=O)c1ccc(S(C)=O)c(S(C)=O)c1C=C(S)C(=O)O. The lowest BCUT2D eigenvalue weighted by Gasteiger charge is -2.13. The van der Waals surface area contributed by atoms with E-state index in [2.05, 4.69) is 12.6 Å². The highest BCUT2D eigenvalue weighted by Gasteiger charge is 2.20. The van der Waals surface area contributed by atoms with Gasteiger partial charge in [-0.15, -0.1) is 12.6 Å². The lowest BCUT2D eigenvalue weighted by Crippen LogP contribution is -2.06. The van der Waals surface area contributed by atoms with Crippen molar-refractivity contribution in [2.45, 2.75) is 14.7 Å². The number of rotatable bonds is 5. The Hall–Kier alpha value is -0.770. The van der Waals surface area contributed by atoms with Gasteiger partial charge in [0.25, 0.3) is 0 Å². The Balaban J connectivity index is 3.84. The molecule has 0 radical (unpaired) electrons. The van der Waals surface area contributed by atoms with Gasteiger partial charge >= 0.3 is 5.97 Å². The normalized spacial score (nSPS) is 16.3. The third-order valence-corrected chi connectivity index (χ3v) is 5.93. The highest BCUT2D eigenvalue weighted by molar-refractivity contribution is 7.87. The van der Waals surface area contributed by atoms with Crippen molar-refractivity contribution in [2.24, 2.45) is 0 Å². The topological polar surface area (TPSA) is 88.5 Å². The van der Waals surface area contributed by atoms with Gasteiger partial charge in [0.05, 0.1) is 47.1 Å². The minimum atomic E-state index is -1.53. The average Bonchev–Trinajstić information content (AvgIpc) is 2.36. The van der Waals surface area contributed by atoms with Gasteiger partial charge in [-0.25, -0.2) is 4.79 Å². The second-order valence-corrected chi connectivity index (χ2v) is 8.50. The predicted molar refractivity (Wildman–Crippen MR) is 88.0 cm³/mol. The molecule has 0 aromatic heterocycles. The zero-order valence-corrected chi connectivity index (χ0v) is 14.8. The van der Waals surface area contributed by atoms with Crippen LogP contribution in [0.1, 0.15) is 5.56 Å². The molecule has 1 N–H and O–H groups in total. The molecule has 0 aliphatic rings. The van der Waals surface area contributed by atoms with E-state index in [0.29, 0.717) is 9.79 Å². The van der Waals surface area contributed by atoms with Gasteiger partial charge in [-0.2, -0.15) is 0 Å². The maximum atomic E-state index is 12.0. The maximum Gasteiger partial charge on any atom is 0.341 e. The Morgan fingerprint density at radius 1 is 1.05 bits per heavy atom. The smallest absolute Gasteiger partial charge is 0.341 e. The van der Waals surface area contributed by atoms with Crippen molar-refractivity contribution in [2.75, 3.05) is 18.8 Å². The maximum absolute atomic E-state index is 12.0. The van der Waals surface area contributed by atoms with Gasteiger partial charge in [-0.3, -0.25) is 12.6 Å². The quantitative estimate of drug-likeness (QED) is 0.605. The first-order chi connectivity index (χ1) is 9.66. The zero-order chi connectivity index (χ0) is 16.3. The van der Waals surface area contributed by atoms with E-state index >= 15 is 0 Å². The summed E-state index contributed by atoms with van der Waals surface area (Å²) in [6.45, 7) is 0. The highest BCUT2D eigenvalue weighted by Crippen LogP contribution is 2.29.